The van der Waals surface area contributed by atoms with Crippen LogP contribution in [0.5, 0.6) is 0 Å². The summed E-state index contributed by atoms with van der Waals surface area (Å²) < 4.78 is 69.4. The van der Waals surface area contributed by atoms with Crippen molar-refractivity contribution in [1.29, 1.82) is 0 Å². The van der Waals surface area contributed by atoms with Crippen LogP contribution in [-0.4, -0.2) is 137 Å². The van der Waals surface area contributed by atoms with Crippen LogP contribution in [0, 0.1) is 11.3 Å². The summed E-state index contributed by atoms with van der Waals surface area (Å²) in [5, 5.41) is 12.5. The Kier molecular flexibility index (Phi) is 30.8. The van der Waals surface area contributed by atoms with Crippen molar-refractivity contribution >= 4 is 32.1 Å². The van der Waals surface area contributed by atoms with E-state index in [1.807, 2.05) is 62.8 Å². The molecule has 0 fully saturated rings. The molecule has 13 nitrogen and oxygen atoms in total. The van der Waals surface area contributed by atoms with E-state index in [0.29, 0.717) is 54.6 Å². The summed E-state index contributed by atoms with van der Waals surface area (Å²) >= 11 is 0. The molecule has 0 spiro atoms. The number of hydrogen-bond acceptors (Lipinski definition) is 10. The number of quaternary nitrogens is 2. The molecule has 0 heterocycles. The highest BCUT2D eigenvalue weighted by Gasteiger charge is 2.26. The molecule has 0 aromatic heterocycles. The quantitative estimate of drug-likeness (QED) is 0.0878. The number of nitrogens with zero attached hydrogens (tertiary/aromatic N) is 2. The minimum Gasteiger partial charge on any atom is -0.748 e. The lowest BCUT2D eigenvalue weighted by molar-refractivity contribution is -0.893. The van der Waals surface area contributed by atoms with Crippen molar-refractivity contribution in [3.05, 3.63) is 0 Å². The number of ether oxygens (including phenoxy) is 1. The van der Waals surface area contributed by atoms with Gasteiger partial charge in [0.25, 0.3) is 0 Å². The van der Waals surface area contributed by atoms with Crippen LogP contribution in [0.2, 0.25) is 0 Å². The first-order chi connectivity index (χ1) is 18.4. The Morgan fingerprint density at radius 3 is 1.78 bits per heavy atom. The van der Waals surface area contributed by atoms with Crippen molar-refractivity contribution in [3.8, 4) is 0 Å². The summed E-state index contributed by atoms with van der Waals surface area (Å²) in [6, 6.07) is 0. The number of hydrogen-bond donors (Lipinski definition) is 2. The summed E-state index contributed by atoms with van der Waals surface area (Å²) in [6.45, 7) is 12.3. The molecule has 0 saturated heterocycles. The normalized spacial score (nSPS) is 13.2. The van der Waals surface area contributed by atoms with Gasteiger partial charge in [0, 0.05) is 30.6 Å². The van der Waals surface area contributed by atoms with Crippen molar-refractivity contribution < 1.29 is 54.3 Å². The number of amides is 1. The molecule has 2 N–H and O–H groups in total. The highest BCUT2D eigenvalue weighted by Crippen LogP contribution is 2.19. The second-order valence-corrected chi connectivity index (χ2v) is 15.5. The van der Waals surface area contributed by atoms with Gasteiger partial charge >= 0.3 is 5.97 Å². The molecule has 2 unspecified atom stereocenters. The third kappa shape index (κ3) is 32.4. The molecule has 0 aliphatic rings. The van der Waals surface area contributed by atoms with Gasteiger partial charge in [-0.15, -0.1) is 0 Å². The van der Waals surface area contributed by atoms with Crippen molar-refractivity contribution in [1.82, 2.24) is 5.32 Å². The average molecular weight is 698 g/mol. The summed E-state index contributed by atoms with van der Waals surface area (Å²) in [4.78, 5) is 23.4. The van der Waals surface area contributed by atoms with Crippen molar-refractivity contribution in [2.24, 2.45) is 11.3 Å². The fraction of sp³-hybridized carbons (Fsp3) is 0.933. The average Bonchev–Trinajstić information content (AvgIpc) is 2.78. The van der Waals surface area contributed by atoms with Gasteiger partial charge in [-0.05, 0) is 12.8 Å². The largest absolute Gasteiger partial charge is 0.748 e. The van der Waals surface area contributed by atoms with E-state index in [1.165, 1.54) is 0 Å². The number of rotatable bonds is 19. The predicted molar refractivity (Wildman–Crippen MR) is 182 cm³/mol. The van der Waals surface area contributed by atoms with Gasteiger partial charge in [-0.25, -0.2) is 16.8 Å². The van der Waals surface area contributed by atoms with E-state index in [4.69, 9.17) is 4.74 Å². The van der Waals surface area contributed by atoms with Gasteiger partial charge in [-0.1, -0.05) is 64.3 Å². The fourth-order valence-corrected chi connectivity index (χ4v) is 4.60. The number of aliphatic hydroxyl groups excluding tert-OH is 1. The molecule has 0 saturated carbocycles. The predicted octanol–water partition coefficient (Wildman–Crippen LogP) is 3.04. The molecule has 0 aliphatic heterocycles. The maximum absolute atomic E-state index is 11.9. The first-order valence-corrected chi connectivity index (χ1v) is 17.2. The van der Waals surface area contributed by atoms with Crippen LogP contribution >= 0.6 is 0 Å². The van der Waals surface area contributed by atoms with E-state index < -0.39 is 32.1 Å². The Hall–Kier alpha value is -1.36. The zero-order valence-electron chi connectivity index (χ0n) is 26.5. The number of likely N-dealkylation sites (N-methyl/N-ethyl adjacent to an activating group) is 2. The van der Waals surface area contributed by atoms with Gasteiger partial charge in [0.05, 0.1) is 73.2 Å². The number of carbonyl (C=O) groups excluding carboxylic acids is 2. The van der Waals surface area contributed by atoms with Gasteiger partial charge in [-0.2, -0.15) is 0 Å². The second kappa shape index (κ2) is 24.8. The number of carbonyl (C=O) groups is 2. The third-order valence-corrected chi connectivity index (χ3v) is 8.52. The minimum absolute atomic E-state index is 0. The van der Waals surface area contributed by atoms with E-state index in [2.05, 4.69) is 5.32 Å². The lowest BCUT2D eigenvalue weighted by Crippen LogP contribution is -2.48. The van der Waals surface area contributed by atoms with E-state index in [9.17, 15) is 40.6 Å². The Morgan fingerprint density at radius 1 is 0.867 bits per heavy atom. The van der Waals surface area contributed by atoms with Gasteiger partial charge in [0.15, 0.2) is 0 Å². The molecule has 0 aromatic rings. The first kappa shape index (κ1) is 56.0. The van der Waals surface area contributed by atoms with Gasteiger partial charge in [-0.3, -0.25) is 9.59 Å². The highest BCUT2D eigenvalue weighted by atomic mass is 32.2. The molecule has 0 aromatic carbocycles. The van der Waals surface area contributed by atoms with Gasteiger partial charge in [0.1, 0.15) is 25.8 Å². The SMILES string of the molecule is C.C.C.C.CCC(C)(C)C(=O)NCCC[N+](C)(C)CC(O)CS(=O)(=O)[O-].CCC(C)C(=O)OCC[N+](C)(C)CCCS(=O)(=O)[O-]. The van der Waals surface area contributed by atoms with E-state index in [1.54, 1.807) is 0 Å². The van der Waals surface area contributed by atoms with E-state index in [-0.39, 0.29) is 65.2 Å². The van der Waals surface area contributed by atoms with Crippen molar-refractivity contribution in [2.75, 3.05) is 79.0 Å². The summed E-state index contributed by atoms with van der Waals surface area (Å²) in [5.41, 5.74) is -0.386. The van der Waals surface area contributed by atoms with E-state index in [0.717, 1.165) is 12.8 Å². The molecule has 0 rings (SSSR count). The molecule has 278 valence electrons. The Labute approximate surface area is 277 Å². The molecule has 0 radical (unpaired) electrons. The Morgan fingerprint density at radius 2 is 1.36 bits per heavy atom. The standard InChI is InChI=1S/C14H30N2O5S.C12H25NO5S.4CH4/c1-6-14(2,3)13(18)15-8-7-9-16(4,5)10-12(17)11-22(19,20)21;1-5-11(2)12(14)18-9-8-13(3,4)7-6-10-19(15,16)17;;;;/h12,17H,6-11H2,1-5H3,(H-,15,18,19,20,21);11H,5-10H2,1-4H3;4*1H4. The zero-order valence-corrected chi connectivity index (χ0v) is 28.1. The van der Waals surface area contributed by atoms with Gasteiger partial charge < -0.3 is 33.2 Å². The molecule has 0 aliphatic carbocycles. The number of aliphatic hydroxyl groups is 1. The summed E-state index contributed by atoms with van der Waals surface area (Å²) in [6.07, 6.45) is 1.36. The molecular formula is C30H71N3O10S2. The maximum Gasteiger partial charge on any atom is 0.308 e. The lowest BCUT2D eigenvalue weighted by Gasteiger charge is -2.32. The van der Waals surface area contributed by atoms with Crippen LogP contribution in [-0.2, 0) is 34.6 Å². The molecule has 45 heavy (non-hydrogen) atoms. The van der Waals surface area contributed by atoms with Crippen LogP contribution in [0.25, 0.3) is 0 Å². The minimum atomic E-state index is -4.42. The molecule has 0 bridgehead atoms. The van der Waals surface area contributed by atoms with Crippen LogP contribution in [0.15, 0.2) is 0 Å². The number of esters is 1. The topological polar surface area (TPSA) is 190 Å². The lowest BCUT2D eigenvalue weighted by atomic mass is 9.89. The monoisotopic (exact) mass is 697 g/mol. The maximum atomic E-state index is 11.9. The second-order valence-electron chi connectivity index (χ2n) is 12.5. The fourth-order valence-electron chi connectivity index (χ4n) is 3.54. The molecular weight excluding hydrogens is 626 g/mol. The van der Waals surface area contributed by atoms with Crippen LogP contribution in [0.4, 0.5) is 0 Å². The van der Waals surface area contributed by atoms with Crippen LogP contribution in [0.1, 0.15) is 90.0 Å². The van der Waals surface area contributed by atoms with E-state index >= 15 is 0 Å². The van der Waals surface area contributed by atoms with Crippen LogP contribution < -0.4 is 5.32 Å². The third-order valence-electron chi connectivity index (χ3n) is 6.94. The summed E-state index contributed by atoms with van der Waals surface area (Å²) in [7, 11) is -1.05. The van der Waals surface area contributed by atoms with Gasteiger partial charge in [0.2, 0.25) is 5.91 Å². The van der Waals surface area contributed by atoms with Crippen molar-refractivity contribution in [3.63, 3.8) is 0 Å². The molecule has 1 amide bonds. The Bertz CT molecular complexity index is 999. The van der Waals surface area contributed by atoms with Crippen molar-refractivity contribution in [2.45, 2.75) is 96.1 Å². The smallest absolute Gasteiger partial charge is 0.308 e. The Balaban J connectivity index is -0.000000157. The highest BCUT2D eigenvalue weighted by molar-refractivity contribution is 7.85. The molecule has 2 atom stereocenters. The first-order valence-electron chi connectivity index (χ1n) is 14.0. The zero-order chi connectivity index (χ0) is 32.7. The number of nitrogens with one attached hydrogen (secondary N) is 1. The molecule has 15 heteroatoms. The van der Waals surface area contributed by atoms with Crippen LogP contribution in [0.3, 0.4) is 0 Å². The summed E-state index contributed by atoms with van der Waals surface area (Å²) in [5.74, 6) is -1.40.